The van der Waals surface area contributed by atoms with Crippen molar-refractivity contribution in [1.82, 2.24) is 10.3 Å². The van der Waals surface area contributed by atoms with E-state index in [2.05, 4.69) is 10.3 Å². The normalized spacial score (nSPS) is 10.4. The molecular formula is C14H17Cl2F2N3OS. The third kappa shape index (κ3) is 6.78. The highest BCUT2D eigenvalue weighted by Crippen LogP contribution is 2.15. The van der Waals surface area contributed by atoms with Crippen LogP contribution in [0.5, 0.6) is 0 Å². The van der Waals surface area contributed by atoms with Crippen molar-refractivity contribution < 1.29 is 13.6 Å². The number of aromatic nitrogens is 1. The van der Waals surface area contributed by atoms with Gasteiger partial charge in [-0.2, -0.15) is 0 Å². The number of nitrogens with zero attached hydrogens (tertiary/aromatic N) is 1. The molecule has 0 bridgehead atoms. The Labute approximate surface area is 149 Å². The summed E-state index contributed by atoms with van der Waals surface area (Å²) in [6.45, 7) is -1.59. The molecule has 0 aliphatic carbocycles. The maximum absolute atomic E-state index is 13.0. The van der Waals surface area contributed by atoms with E-state index in [1.165, 1.54) is 11.3 Å². The average molecular weight is 384 g/mol. The van der Waals surface area contributed by atoms with E-state index in [-0.39, 0.29) is 30.5 Å². The summed E-state index contributed by atoms with van der Waals surface area (Å²) >= 11 is 1.33. The van der Waals surface area contributed by atoms with E-state index in [4.69, 9.17) is 5.73 Å². The fraction of sp³-hybridized carbons (Fsp3) is 0.286. The van der Waals surface area contributed by atoms with Gasteiger partial charge in [-0.15, -0.1) is 36.2 Å². The summed E-state index contributed by atoms with van der Waals surface area (Å²) in [7, 11) is 0. The van der Waals surface area contributed by atoms with E-state index >= 15 is 0 Å². The van der Waals surface area contributed by atoms with Gasteiger partial charge in [-0.3, -0.25) is 4.79 Å². The Bertz CT molecular complexity index is 611. The van der Waals surface area contributed by atoms with Crippen LogP contribution in [0.25, 0.3) is 0 Å². The molecule has 0 unspecified atom stereocenters. The maximum Gasteiger partial charge on any atom is 0.277 e. The van der Waals surface area contributed by atoms with Gasteiger partial charge in [0.1, 0.15) is 5.69 Å². The van der Waals surface area contributed by atoms with Gasteiger partial charge < -0.3 is 11.1 Å². The highest BCUT2D eigenvalue weighted by molar-refractivity contribution is 7.09. The molecule has 2 rings (SSSR count). The maximum atomic E-state index is 13.0. The van der Waals surface area contributed by atoms with E-state index in [1.807, 2.05) is 30.3 Å². The predicted octanol–water partition coefficient (Wildman–Crippen LogP) is 2.90. The number of amides is 1. The van der Waals surface area contributed by atoms with Crippen LogP contribution in [0, 0.1) is 0 Å². The van der Waals surface area contributed by atoms with Crippen LogP contribution in [-0.2, 0) is 6.42 Å². The van der Waals surface area contributed by atoms with Crippen LogP contribution < -0.4 is 11.1 Å². The Balaban J connectivity index is 0.00000242. The number of hydrogen-bond donors (Lipinski definition) is 2. The Morgan fingerprint density at radius 2 is 1.91 bits per heavy atom. The summed E-state index contributed by atoms with van der Waals surface area (Å²) in [5.74, 6) is -3.71. The van der Waals surface area contributed by atoms with Crippen LogP contribution in [0.15, 0.2) is 35.7 Å². The smallest absolute Gasteiger partial charge is 0.277 e. The monoisotopic (exact) mass is 383 g/mol. The van der Waals surface area contributed by atoms with Gasteiger partial charge in [-0.25, -0.2) is 13.8 Å². The van der Waals surface area contributed by atoms with E-state index in [1.54, 1.807) is 5.38 Å². The third-order valence-corrected chi connectivity index (χ3v) is 3.64. The second-order valence-corrected chi connectivity index (χ2v) is 5.47. The number of thiazole rings is 1. The minimum atomic E-state index is -3.10. The first-order valence-corrected chi connectivity index (χ1v) is 7.22. The Morgan fingerprint density at radius 3 is 2.52 bits per heavy atom. The highest BCUT2D eigenvalue weighted by atomic mass is 35.5. The number of nitrogens with two attached hydrogens (primary N) is 1. The lowest BCUT2D eigenvalue weighted by Crippen LogP contribution is -2.41. The van der Waals surface area contributed by atoms with Gasteiger partial charge in [-0.1, -0.05) is 30.3 Å². The molecule has 3 N–H and O–H groups in total. The third-order valence-electron chi connectivity index (χ3n) is 2.79. The van der Waals surface area contributed by atoms with Crippen molar-refractivity contribution in [3.05, 3.63) is 52.0 Å². The lowest BCUT2D eigenvalue weighted by atomic mass is 10.2. The van der Waals surface area contributed by atoms with Crippen molar-refractivity contribution >= 4 is 42.1 Å². The number of nitrogens with one attached hydrogen (secondary N) is 1. The minimum Gasteiger partial charge on any atom is -0.345 e. The van der Waals surface area contributed by atoms with E-state index in [9.17, 15) is 13.6 Å². The number of alkyl halides is 2. The van der Waals surface area contributed by atoms with Crippen LogP contribution >= 0.6 is 36.2 Å². The number of carbonyl (C=O) groups is 1. The SMILES string of the molecule is Cl.Cl.NCC(F)(F)CNC(=O)c1csc(Cc2ccccc2)n1. The molecular weight excluding hydrogens is 367 g/mol. The first-order chi connectivity index (χ1) is 10.00. The topological polar surface area (TPSA) is 68.0 Å². The van der Waals surface area contributed by atoms with Crippen molar-refractivity contribution in [2.45, 2.75) is 12.3 Å². The molecule has 0 aliphatic heterocycles. The highest BCUT2D eigenvalue weighted by Gasteiger charge is 2.27. The Morgan fingerprint density at radius 1 is 1.26 bits per heavy atom. The van der Waals surface area contributed by atoms with Crippen LogP contribution in [0.2, 0.25) is 0 Å². The first kappa shape index (κ1) is 21.7. The quantitative estimate of drug-likeness (QED) is 0.805. The molecule has 23 heavy (non-hydrogen) atoms. The molecule has 128 valence electrons. The summed E-state index contributed by atoms with van der Waals surface area (Å²) in [6, 6.07) is 9.69. The average Bonchev–Trinajstić information content (AvgIpc) is 2.94. The summed E-state index contributed by atoms with van der Waals surface area (Å²) in [5, 5.41) is 4.47. The van der Waals surface area contributed by atoms with Gasteiger partial charge >= 0.3 is 0 Å². The second-order valence-electron chi connectivity index (χ2n) is 4.53. The molecule has 0 saturated carbocycles. The zero-order chi connectivity index (χ0) is 15.3. The predicted molar refractivity (Wildman–Crippen MR) is 92.2 cm³/mol. The van der Waals surface area contributed by atoms with Crippen LogP contribution in [0.4, 0.5) is 8.78 Å². The molecule has 0 radical (unpaired) electrons. The molecule has 1 aromatic heterocycles. The van der Waals surface area contributed by atoms with Gasteiger partial charge in [0.05, 0.1) is 18.1 Å². The molecule has 0 aliphatic rings. The van der Waals surface area contributed by atoms with Gasteiger partial charge in [0.15, 0.2) is 0 Å². The molecule has 0 spiro atoms. The fourth-order valence-corrected chi connectivity index (χ4v) is 2.45. The molecule has 0 atom stereocenters. The molecule has 9 heteroatoms. The minimum absolute atomic E-state index is 0. The first-order valence-electron chi connectivity index (χ1n) is 6.34. The van der Waals surface area contributed by atoms with Crippen molar-refractivity contribution in [3.8, 4) is 0 Å². The molecule has 0 saturated heterocycles. The number of rotatable bonds is 6. The molecule has 1 amide bonds. The van der Waals surface area contributed by atoms with Gasteiger partial charge in [0.25, 0.3) is 11.8 Å². The molecule has 4 nitrogen and oxygen atoms in total. The zero-order valence-corrected chi connectivity index (χ0v) is 14.4. The largest absolute Gasteiger partial charge is 0.345 e. The lowest BCUT2D eigenvalue weighted by molar-refractivity contribution is 0.0118. The summed E-state index contributed by atoms with van der Waals surface area (Å²) in [5.41, 5.74) is 6.14. The van der Waals surface area contributed by atoms with Gasteiger partial charge in [0, 0.05) is 11.8 Å². The van der Waals surface area contributed by atoms with Gasteiger partial charge in [-0.05, 0) is 5.56 Å². The van der Waals surface area contributed by atoms with E-state index in [0.29, 0.717) is 6.42 Å². The van der Waals surface area contributed by atoms with Crippen LogP contribution in [0.1, 0.15) is 21.1 Å². The molecule has 1 heterocycles. The number of hydrogen-bond acceptors (Lipinski definition) is 4. The van der Waals surface area contributed by atoms with E-state index in [0.717, 1.165) is 10.6 Å². The number of benzene rings is 1. The standard InChI is InChI=1S/C14H15F2N3OS.2ClH/c15-14(16,8-17)9-18-13(20)11-7-21-12(19-11)6-10-4-2-1-3-5-10;;/h1-5,7H,6,8-9,17H2,(H,18,20);2*1H. The number of halogens is 4. The Kier molecular flexibility index (Phi) is 9.23. The fourth-order valence-electron chi connectivity index (χ4n) is 1.64. The lowest BCUT2D eigenvalue weighted by Gasteiger charge is -2.13. The van der Waals surface area contributed by atoms with Crippen molar-refractivity contribution in [1.29, 1.82) is 0 Å². The molecule has 2 aromatic rings. The second kappa shape index (κ2) is 9.77. The number of carbonyl (C=O) groups excluding carboxylic acids is 1. The summed E-state index contributed by atoms with van der Waals surface area (Å²) in [4.78, 5) is 15.9. The Hall–Kier alpha value is -1.28. The molecule has 1 aromatic carbocycles. The zero-order valence-electron chi connectivity index (χ0n) is 12.0. The van der Waals surface area contributed by atoms with Crippen LogP contribution in [-0.4, -0.2) is 29.9 Å². The van der Waals surface area contributed by atoms with Crippen molar-refractivity contribution in [3.63, 3.8) is 0 Å². The summed E-state index contributed by atoms with van der Waals surface area (Å²) in [6.07, 6.45) is 0.609. The van der Waals surface area contributed by atoms with Crippen molar-refractivity contribution in [2.75, 3.05) is 13.1 Å². The van der Waals surface area contributed by atoms with E-state index < -0.39 is 24.9 Å². The summed E-state index contributed by atoms with van der Waals surface area (Å²) < 4.78 is 25.9. The van der Waals surface area contributed by atoms with Crippen molar-refractivity contribution in [2.24, 2.45) is 5.73 Å². The molecule has 0 fully saturated rings. The van der Waals surface area contributed by atoms with Crippen LogP contribution in [0.3, 0.4) is 0 Å². The van der Waals surface area contributed by atoms with Gasteiger partial charge in [0.2, 0.25) is 0 Å².